The van der Waals surface area contributed by atoms with Gasteiger partial charge in [0, 0.05) is 25.5 Å². The van der Waals surface area contributed by atoms with Crippen LogP contribution in [-0.2, 0) is 14.3 Å². The Hall–Kier alpha value is -3.61. The van der Waals surface area contributed by atoms with E-state index in [0.717, 1.165) is 0 Å². The number of alkyl halides is 2. The molecule has 2 fully saturated rings. The molecular formula is C24H29F2N7O4. The number of morpholine rings is 1. The summed E-state index contributed by atoms with van der Waals surface area (Å²) in [7, 11) is 0. The van der Waals surface area contributed by atoms with Gasteiger partial charge in [-0.1, -0.05) is 0 Å². The molecule has 0 unspecified atom stereocenters. The van der Waals surface area contributed by atoms with Crippen LogP contribution < -0.4 is 10.2 Å². The van der Waals surface area contributed by atoms with Crippen molar-refractivity contribution < 1.29 is 27.8 Å². The molecule has 37 heavy (non-hydrogen) atoms. The number of anilines is 2. The molecule has 1 amide bonds. The van der Waals surface area contributed by atoms with Crippen LogP contribution in [0.15, 0.2) is 24.7 Å². The summed E-state index contributed by atoms with van der Waals surface area (Å²) in [4.78, 5) is 31.8. The summed E-state index contributed by atoms with van der Waals surface area (Å²) < 4.78 is 41.1. The van der Waals surface area contributed by atoms with Crippen molar-refractivity contribution in [2.75, 3.05) is 43.1 Å². The summed E-state index contributed by atoms with van der Waals surface area (Å²) in [6.07, 6.45) is 4.02. The van der Waals surface area contributed by atoms with E-state index < -0.39 is 18.0 Å². The fourth-order valence-corrected chi connectivity index (χ4v) is 4.86. The number of carbonyl (C=O) groups excluding carboxylic acids is 2. The fourth-order valence-electron chi connectivity index (χ4n) is 4.86. The number of esters is 1. The molecule has 0 atom stereocenters. The third-order valence-corrected chi connectivity index (χ3v) is 6.84. The van der Waals surface area contributed by atoms with Crippen molar-refractivity contribution in [1.29, 1.82) is 0 Å². The maximum Gasteiger partial charge on any atom is 0.308 e. The quantitative estimate of drug-likeness (QED) is 0.475. The number of hydrogen-bond donors (Lipinski definition) is 1. The van der Waals surface area contributed by atoms with Gasteiger partial charge in [-0.05, 0) is 38.7 Å². The minimum atomic E-state index is -2.87. The number of rotatable bonds is 7. The molecule has 0 radical (unpaired) electrons. The van der Waals surface area contributed by atoms with E-state index in [1.807, 2.05) is 11.0 Å². The molecule has 1 aliphatic carbocycles. The number of halogens is 2. The Labute approximate surface area is 211 Å². The van der Waals surface area contributed by atoms with Crippen molar-refractivity contribution in [2.24, 2.45) is 5.92 Å². The van der Waals surface area contributed by atoms with E-state index in [2.05, 4.69) is 20.5 Å². The minimum absolute atomic E-state index is 0.0591. The molecule has 0 bridgehead atoms. The first-order valence-electron chi connectivity index (χ1n) is 12.5. The zero-order chi connectivity index (χ0) is 25.9. The van der Waals surface area contributed by atoms with Gasteiger partial charge >= 0.3 is 5.97 Å². The van der Waals surface area contributed by atoms with Crippen LogP contribution in [-0.4, -0.2) is 69.2 Å². The van der Waals surface area contributed by atoms with Gasteiger partial charge in [-0.15, -0.1) is 0 Å². The van der Waals surface area contributed by atoms with Crippen LogP contribution in [0.3, 0.4) is 0 Å². The molecule has 1 saturated heterocycles. The Morgan fingerprint density at radius 3 is 2.68 bits per heavy atom. The van der Waals surface area contributed by atoms with Crippen LogP contribution in [0.5, 0.6) is 0 Å². The molecule has 5 rings (SSSR count). The number of aromatic nitrogens is 5. The Morgan fingerprint density at radius 1 is 1.22 bits per heavy atom. The van der Waals surface area contributed by atoms with Crippen LogP contribution in [0.25, 0.3) is 5.65 Å². The van der Waals surface area contributed by atoms with Crippen molar-refractivity contribution in [2.45, 2.75) is 45.1 Å². The molecule has 0 spiro atoms. The second-order valence-electron chi connectivity index (χ2n) is 9.13. The Balaban J connectivity index is 1.33. The molecule has 1 aliphatic heterocycles. The molecule has 0 aromatic carbocycles. The van der Waals surface area contributed by atoms with Crippen molar-refractivity contribution in [3.63, 3.8) is 0 Å². The van der Waals surface area contributed by atoms with Gasteiger partial charge in [-0.2, -0.15) is 10.2 Å². The molecule has 3 aromatic rings. The van der Waals surface area contributed by atoms with Gasteiger partial charge in [0.1, 0.15) is 11.4 Å². The van der Waals surface area contributed by atoms with E-state index in [9.17, 15) is 18.4 Å². The molecule has 198 valence electrons. The second kappa shape index (κ2) is 10.8. The van der Waals surface area contributed by atoms with Crippen LogP contribution in [0.4, 0.5) is 20.3 Å². The normalized spacial score (nSPS) is 20.4. The Bertz CT molecular complexity index is 1260. The minimum Gasteiger partial charge on any atom is -0.466 e. The number of carbonyl (C=O) groups is 2. The summed E-state index contributed by atoms with van der Waals surface area (Å²) in [5, 5.41) is 10.9. The number of fused-ring (bicyclic) bond motifs is 1. The van der Waals surface area contributed by atoms with E-state index in [1.54, 1.807) is 13.1 Å². The summed E-state index contributed by atoms with van der Waals surface area (Å²) in [5.41, 5.74) is -0.0710. The van der Waals surface area contributed by atoms with Gasteiger partial charge in [0.15, 0.2) is 11.3 Å². The van der Waals surface area contributed by atoms with Crippen molar-refractivity contribution in [3.8, 4) is 0 Å². The topological polar surface area (TPSA) is 116 Å². The fraction of sp³-hybridized carbons (Fsp3) is 0.542. The van der Waals surface area contributed by atoms with Gasteiger partial charge < -0.3 is 19.7 Å². The lowest BCUT2D eigenvalue weighted by atomic mass is 9.86. The predicted molar refractivity (Wildman–Crippen MR) is 129 cm³/mol. The predicted octanol–water partition coefficient (Wildman–Crippen LogP) is 3.25. The van der Waals surface area contributed by atoms with E-state index in [4.69, 9.17) is 9.47 Å². The lowest BCUT2D eigenvalue weighted by Gasteiger charge is -2.27. The van der Waals surface area contributed by atoms with Gasteiger partial charge in [0.05, 0.1) is 43.7 Å². The number of nitrogens with one attached hydrogen (secondary N) is 1. The first-order chi connectivity index (χ1) is 17.9. The van der Waals surface area contributed by atoms with Gasteiger partial charge in [-0.3, -0.25) is 14.3 Å². The maximum absolute atomic E-state index is 13.8. The monoisotopic (exact) mass is 517 g/mol. The van der Waals surface area contributed by atoms with Gasteiger partial charge in [0.2, 0.25) is 0 Å². The summed E-state index contributed by atoms with van der Waals surface area (Å²) >= 11 is 0. The first-order valence-corrected chi connectivity index (χ1v) is 12.5. The van der Waals surface area contributed by atoms with E-state index in [1.165, 1.54) is 21.6 Å². The average Bonchev–Trinajstić information content (AvgIpc) is 3.53. The van der Waals surface area contributed by atoms with E-state index in [0.29, 0.717) is 70.1 Å². The molecule has 1 N–H and O–H groups in total. The van der Waals surface area contributed by atoms with Crippen molar-refractivity contribution in [1.82, 2.24) is 24.4 Å². The lowest BCUT2D eigenvalue weighted by molar-refractivity contribution is -0.149. The van der Waals surface area contributed by atoms with E-state index in [-0.39, 0.29) is 29.2 Å². The smallest absolute Gasteiger partial charge is 0.308 e. The SMILES string of the molecule is CCOC(=O)[C@H]1CC[C@H](n2cc(NC(=O)c3cnn4ccc(N5CCOCC5)nc34)c(C(F)F)n2)CC1. The number of amides is 1. The molecule has 13 heteroatoms. The number of ether oxygens (including phenoxy) is 2. The number of nitrogens with zero attached hydrogens (tertiary/aromatic N) is 6. The highest BCUT2D eigenvalue weighted by Gasteiger charge is 2.30. The highest BCUT2D eigenvalue weighted by molar-refractivity contribution is 6.08. The third-order valence-electron chi connectivity index (χ3n) is 6.84. The summed E-state index contributed by atoms with van der Waals surface area (Å²) in [6, 6.07) is 1.66. The lowest BCUT2D eigenvalue weighted by Crippen LogP contribution is -2.36. The zero-order valence-corrected chi connectivity index (χ0v) is 20.5. The second-order valence-corrected chi connectivity index (χ2v) is 9.13. The largest absolute Gasteiger partial charge is 0.466 e. The highest BCUT2D eigenvalue weighted by atomic mass is 19.3. The van der Waals surface area contributed by atoms with Crippen molar-refractivity contribution in [3.05, 3.63) is 35.9 Å². The highest BCUT2D eigenvalue weighted by Crippen LogP contribution is 2.35. The zero-order valence-electron chi connectivity index (χ0n) is 20.5. The summed E-state index contributed by atoms with van der Waals surface area (Å²) in [6.45, 7) is 4.63. The maximum atomic E-state index is 13.8. The van der Waals surface area contributed by atoms with E-state index >= 15 is 0 Å². The third kappa shape index (κ3) is 5.26. The Morgan fingerprint density at radius 2 is 1.97 bits per heavy atom. The van der Waals surface area contributed by atoms with Gasteiger partial charge in [-0.25, -0.2) is 18.3 Å². The number of hydrogen-bond acceptors (Lipinski definition) is 8. The Kier molecular flexibility index (Phi) is 7.31. The average molecular weight is 518 g/mol. The van der Waals surface area contributed by atoms with Crippen molar-refractivity contribution >= 4 is 29.0 Å². The molecular weight excluding hydrogens is 488 g/mol. The first kappa shape index (κ1) is 25.1. The van der Waals surface area contributed by atoms with Crippen LogP contribution >= 0.6 is 0 Å². The summed E-state index contributed by atoms with van der Waals surface area (Å²) in [5.74, 6) is -0.327. The van der Waals surface area contributed by atoms with Crippen LogP contribution in [0.2, 0.25) is 0 Å². The van der Waals surface area contributed by atoms with Crippen LogP contribution in [0.1, 0.15) is 61.1 Å². The standard InChI is InChI=1S/C24H29F2N7O4/c1-2-37-24(35)15-3-5-16(6-4-15)33-14-18(20(30-33)21(25)26)28-23(34)17-13-27-32-8-7-19(29-22(17)32)31-9-11-36-12-10-31/h7-8,13-16,21H,2-6,9-12H2,1H3,(H,28,34)/t15-,16-. The van der Waals surface area contributed by atoms with Crippen LogP contribution in [0, 0.1) is 5.92 Å². The molecule has 3 aromatic heterocycles. The molecule has 4 heterocycles. The molecule has 11 nitrogen and oxygen atoms in total. The van der Waals surface area contributed by atoms with Gasteiger partial charge in [0.25, 0.3) is 12.3 Å². The molecule has 2 aliphatic rings. The molecule has 1 saturated carbocycles.